The first-order valence-electron chi connectivity index (χ1n) is 8.29. The summed E-state index contributed by atoms with van der Waals surface area (Å²) in [5, 5.41) is 0.827. The molecule has 1 heterocycles. The third-order valence-electron chi connectivity index (χ3n) is 4.29. The quantitative estimate of drug-likeness (QED) is 0.515. The van der Waals surface area contributed by atoms with Crippen LogP contribution in [0.3, 0.4) is 0 Å². The summed E-state index contributed by atoms with van der Waals surface area (Å²) in [5.41, 5.74) is 4.27. The molecule has 0 spiro atoms. The molecule has 4 heteroatoms. The third kappa shape index (κ3) is 3.33. The number of carbonyl (C=O) groups excluding carboxylic acids is 1. The molecule has 0 aliphatic heterocycles. The molecule has 0 amide bonds. The molecule has 0 radical (unpaired) electrons. The number of pyridine rings is 1. The molecule has 0 N–H and O–H groups in total. The van der Waals surface area contributed by atoms with Crippen LogP contribution in [0.25, 0.3) is 10.9 Å². The van der Waals surface area contributed by atoms with Gasteiger partial charge in [0.25, 0.3) is 0 Å². The first-order chi connectivity index (χ1) is 12.0. The fourth-order valence-corrected chi connectivity index (χ4v) is 2.93. The number of aryl methyl sites for hydroxylation is 2. The van der Waals surface area contributed by atoms with Crippen LogP contribution in [0.1, 0.15) is 34.1 Å². The summed E-state index contributed by atoms with van der Waals surface area (Å²) >= 11 is 0. The first-order valence-corrected chi connectivity index (χ1v) is 8.29. The second kappa shape index (κ2) is 6.93. The summed E-state index contributed by atoms with van der Waals surface area (Å²) in [7, 11) is 1.60. The van der Waals surface area contributed by atoms with E-state index < -0.39 is 0 Å². The first kappa shape index (κ1) is 17.0. The minimum atomic E-state index is -0.365. The van der Waals surface area contributed by atoms with Crippen LogP contribution in [-0.4, -0.2) is 18.1 Å². The lowest BCUT2D eigenvalue weighted by molar-refractivity contribution is 0.0735. The lowest BCUT2D eigenvalue weighted by atomic mass is 9.99. The van der Waals surface area contributed by atoms with Gasteiger partial charge in [0.1, 0.15) is 11.5 Å². The average Bonchev–Trinajstić information content (AvgIpc) is 2.61. The van der Waals surface area contributed by atoms with Gasteiger partial charge in [-0.2, -0.15) is 0 Å². The van der Waals surface area contributed by atoms with Gasteiger partial charge in [-0.25, -0.2) is 4.79 Å². The Hall–Kier alpha value is -2.88. The maximum atomic E-state index is 12.9. The molecule has 2 aromatic carbocycles. The van der Waals surface area contributed by atoms with Crippen molar-refractivity contribution in [2.75, 3.05) is 7.11 Å². The number of hydrogen-bond donors (Lipinski definition) is 0. The molecule has 0 saturated heterocycles. The molecule has 0 bridgehead atoms. The van der Waals surface area contributed by atoms with E-state index in [9.17, 15) is 4.79 Å². The van der Waals surface area contributed by atoms with Gasteiger partial charge in [0.15, 0.2) is 0 Å². The van der Waals surface area contributed by atoms with Crippen LogP contribution in [0.15, 0.2) is 42.5 Å². The largest absolute Gasteiger partial charge is 0.497 e. The maximum absolute atomic E-state index is 12.9. The molecule has 0 saturated carbocycles. The smallest absolute Gasteiger partial charge is 0.344 e. The van der Waals surface area contributed by atoms with E-state index in [0.717, 1.165) is 34.1 Å². The van der Waals surface area contributed by atoms with Crippen molar-refractivity contribution in [2.24, 2.45) is 0 Å². The Kier molecular flexibility index (Phi) is 4.70. The number of benzene rings is 2. The van der Waals surface area contributed by atoms with Crippen molar-refractivity contribution >= 4 is 16.9 Å². The van der Waals surface area contributed by atoms with E-state index in [2.05, 4.69) is 4.98 Å². The summed E-state index contributed by atoms with van der Waals surface area (Å²) in [6.07, 6.45) is 0.762. The number of hydrogen-bond acceptors (Lipinski definition) is 4. The van der Waals surface area contributed by atoms with Crippen molar-refractivity contribution in [3.05, 3.63) is 64.8 Å². The number of esters is 1. The SMILES string of the molecule is CCc1nc2ccc(C)cc2c(C(=O)Oc2ccc(OC)cc2)c1C. The van der Waals surface area contributed by atoms with Crippen molar-refractivity contribution in [3.8, 4) is 11.5 Å². The Morgan fingerprint density at radius 1 is 1.04 bits per heavy atom. The number of fused-ring (bicyclic) bond motifs is 1. The summed E-state index contributed by atoms with van der Waals surface area (Å²) in [6.45, 7) is 5.97. The van der Waals surface area contributed by atoms with Crippen LogP contribution < -0.4 is 9.47 Å². The van der Waals surface area contributed by atoms with Crippen molar-refractivity contribution < 1.29 is 14.3 Å². The summed E-state index contributed by atoms with van der Waals surface area (Å²) in [4.78, 5) is 17.6. The molecule has 0 aliphatic rings. The fraction of sp³-hybridized carbons (Fsp3) is 0.238. The predicted molar refractivity (Wildman–Crippen MR) is 98.5 cm³/mol. The van der Waals surface area contributed by atoms with Gasteiger partial charge >= 0.3 is 5.97 Å². The predicted octanol–water partition coefficient (Wildman–Crippen LogP) is 4.64. The molecule has 25 heavy (non-hydrogen) atoms. The molecule has 0 unspecified atom stereocenters. The van der Waals surface area contributed by atoms with E-state index >= 15 is 0 Å². The van der Waals surface area contributed by atoms with Crippen molar-refractivity contribution in [1.29, 1.82) is 0 Å². The van der Waals surface area contributed by atoms with Gasteiger partial charge in [-0.1, -0.05) is 18.6 Å². The van der Waals surface area contributed by atoms with Gasteiger partial charge in [0, 0.05) is 11.1 Å². The molecule has 1 aromatic heterocycles. The van der Waals surface area contributed by atoms with Crippen molar-refractivity contribution in [1.82, 2.24) is 4.98 Å². The van der Waals surface area contributed by atoms with Gasteiger partial charge in [-0.3, -0.25) is 4.98 Å². The van der Waals surface area contributed by atoms with Crippen LogP contribution >= 0.6 is 0 Å². The number of aromatic nitrogens is 1. The zero-order valence-corrected chi connectivity index (χ0v) is 14.9. The Morgan fingerprint density at radius 2 is 1.72 bits per heavy atom. The normalized spacial score (nSPS) is 10.7. The van der Waals surface area contributed by atoms with Crippen LogP contribution in [-0.2, 0) is 6.42 Å². The molecule has 0 atom stereocenters. The van der Waals surface area contributed by atoms with E-state index in [1.165, 1.54) is 0 Å². The molecule has 128 valence electrons. The Morgan fingerprint density at radius 3 is 2.36 bits per heavy atom. The van der Waals surface area contributed by atoms with Crippen LogP contribution in [0.2, 0.25) is 0 Å². The summed E-state index contributed by atoms with van der Waals surface area (Å²) in [5.74, 6) is 0.838. The highest BCUT2D eigenvalue weighted by Gasteiger charge is 2.19. The number of ether oxygens (including phenoxy) is 2. The van der Waals surface area contributed by atoms with Crippen LogP contribution in [0.4, 0.5) is 0 Å². The van der Waals surface area contributed by atoms with Gasteiger partial charge in [-0.15, -0.1) is 0 Å². The van der Waals surface area contributed by atoms with Crippen LogP contribution in [0, 0.1) is 13.8 Å². The lowest BCUT2D eigenvalue weighted by Gasteiger charge is -2.14. The molecular weight excluding hydrogens is 314 g/mol. The summed E-state index contributed by atoms with van der Waals surface area (Å²) < 4.78 is 10.7. The van der Waals surface area contributed by atoms with Gasteiger partial charge in [-0.05, 0) is 62.2 Å². The third-order valence-corrected chi connectivity index (χ3v) is 4.29. The monoisotopic (exact) mass is 335 g/mol. The highest BCUT2D eigenvalue weighted by atomic mass is 16.5. The molecule has 0 aliphatic carbocycles. The second-order valence-corrected chi connectivity index (χ2v) is 6.00. The zero-order chi connectivity index (χ0) is 18.0. The van der Waals surface area contributed by atoms with E-state index in [0.29, 0.717) is 17.1 Å². The second-order valence-electron chi connectivity index (χ2n) is 6.00. The van der Waals surface area contributed by atoms with E-state index in [1.54, 1.807) is 31.4 Å². The van der Waals surface area contributed by atoms with Gasteiger partial charge < -0.3 is 9.47 Å². The number of methoxy groups -OCH3 is 1. The fourth-order valence-electron chi connectivity index (χ4n) is 2.93. The molecule has 3 aromatic rings. The van der Waals surface area contributed by atoms with Crippen molar-refractivity contribution in [2.45, 2.75) is 27.2 Å². The van der Waals surface area contributed by atoms with Gasteiger partial charge in [0.05, 0.1) is 18.2 Å². The lowest BCUT2D eigenvalue weighted by Crippen LogP contribution is -2.13. The average molecular weight is 335 g/mol. The summed E-state index contributed by atoms with van der Waals surface area (Å²) in [6, 6.07) is 12.9. The highest BCUT2D eigenvalue weighted by molar-refractivity contribution is 6.06. The highest BCUT2D eigenvalue weighted by Crippen LogP contribution is 2.27. The standard InChI is InChI=1S/C21H21NO3/c1-5-18-14(3)20(17-12-13(2)6-11-19(17)22-18)21(23)25-16-9-7-15(24-4)8-10-16/h6-12H,5H2,1-4H3. The molecule has 3 rings (SSSR count). The van der Waals surface area contributed by atoms with E-state index in [4.69, 9.17) is 9.47 Å². The number of rotatable bonds is 4. The number of carbonyl (C=O) groups is 1. The number of nitrogens with zero attached hydrogens (tertiary/aromatic N) is 1. The zero-order valence-electron chi connectivity index (χ0n) is 14.9. The Bertz CT molecular complexity index is 930. The Balaban J connectivity index is 2.07. The van der Waals surface area contributed by atoms with Gasteiger partial charge in [0.2, 0.25) is 0 Å². The molecule has 0 fully saturated rings. The minimum absolute atomic E-state index is 0.365. The molecular formula is C21H21NO3. The Labute approximate surface area is 147 Å². The topological polar surface area (TPSA) is 48.4 Å². The van der Waals surface area contributed by atoms with E-state index in [1.807, 2.05) is 39.0 Å². The maximum Gasteiger partial charge on any atom is 0.344 e. The van der Waals surface area contributed by atoms with Crippen molar-refractivity contribution in [3.63, 3.8) is 0 Å². The van der Waals surface area contributed by atoms with Crippen LogP contribution in [0.5, 0.6) is 11.5 Å². The molecule has 4 nitrogen and oxygen atoms in total. The van der Waals surface area contributed by atoms with E-state index in [-0.39, 0.29) is 5.97 Å². The minimum Gasteiger partial charge on any atom is -0.497 e.